The summed E-state index contributed by atoms with van der Waals surface area (Å²) in [5.74, 6) is -1.13. The van der Waals surface area contributed by atoms with Crippen molar-refractivity contribution in [3.63, 3.8) is 0 Å². The molecule has 0 aliphatic carbocycles. The topological polar surface area (TPSA) is 121 Å². The van der Waals surface area contributed by atoms with E-state index in [4.69, 9.17) is 19.0 Å². The number of amides is 2. The van der Waals surface area contributed by atoms with E-state index < -0.39 is 34.8 Å². The zero-order chi connectivity index (χ0) is 27.7. The predicted molar refractivity (Wildman–Crippen MR) is 141 cm³/mol. The highest BCUT2D eigenvalue weighted by atomic mass is 16.7. The van der Waals surface area contributed by atoms with Gasteiger partial charge in [0, 0.05) is 0 Å². The molecule has 11 heteroatoms. The van der Waals surface area contributed by atoms with Crippen LogP contribution in [0.5, 0.6) is 17.2 Å². The minimum absolute atomic E-state index is 0.153. The number of hydroxylamine groups is 1. The van der Waals surface area contributed by atoms with Gasteiger partial charge in [-0.05, 0) is 48.9 Å². The summed E-state index contributed by atoms with van der Waals surface area (Å²) in [6.45, 7) is 2.53. The Morgan fingerprint density at radius 2 is 1.59 bits per heavy atom. The van der Waals surface area contributed by atoms with Gasteiger partial charge in [-0.15, -0.1) is 0 Å². The van der Waals surface area contributed by atoms with Crippen LogP contribution in [-0.4, -0.2) is 43.7 Å². The second kappa shape index (κ2) is 10.6. The number of ether oxygens (including phenoxy) is 3. The first kappa shape index (κ1) is 26.0. The van der Waals surface area contributed by atoms with Crippen molar-refractivity contribution in [2.75, 3.05) is 30.8 Å². The van der Waals surface area contributed by atoms with Gasteiger partial charge in [0.1, 0.15) is 17.7 Å². The van der Waals surface area contributed by atoms with Crippen LogP contribution >= 0.6 is 0 Å². The molecule has 0 spiro atoms. The molecule has 2 fully saturated rings. The number of hydrogen-bond donors (Lipinski definition) is 0. The first-order valence-electron chi connectivity index (χ1n) is 12.4. The van der Waals surface area contributed by atoms with E-state index >= 15 is 0 Å². The van der Waals surface area contributed by atoms with Crippen LogP contribution in [0.3, 0.4) is 0 Å². The van der Waals surface area contributed by atoms with Gasteiger partial charge in [0.15, 0.2) is 17.6 Å². The number of anilines is 2. The molecule has 0 bridgehead atoms. The van der Waals surface area contributed by atoms with Crippen molar-refractivity contribution in [2.45, 2.75) is 25.5 Å². The summed E-state index contributed by atoms with van der Waals surface area (Å²) in [6.07, 6.45) is -0.348. The van der Waals surface area contributed by atoms with Gasteiger partial charge in [-0.2, -0.15) is 0 Å². The van der Waals surface area contributed by atoms with Gasteiger partial charge in [-0.25, -0.2) is 9.96 Å². The zero-order valence-corrected chi connectivity index (χ0v) is 21.6. The molecule has 5 rings (SSSR count). The fraction of sp³-hybridized carbons (Fsp3) is 0.286. The first-order chi connectivity index (χ1) is 18.9. The zero-order valence-electron chi connectivity index (χ0n) is 21.6. The Labute approximate surface area is 224 Å². The lowest BCUT2D eigenvalue weighted by molar-refractivity contribution is -0.385. The number of fused-ring (bicyclic) bond motifs is 1. The lowest BCUT2D eigenvalue weighted by Crippen LogP contribution is -2.37. The van der Waals surface area contributed by atoms with Crippen LogP contribution in [0.15, 0.2) is 66.7 Å². The summed E-state index contributed by atoms with van der Waals surface area (Å²) in [6, 6.07) is 17.2. The molecule has 2 aliphatic heterocycles. The molecule has 3 atom stereocenters. The SMILES string of the molecule is CCCOc1ccc(N2C(=O)[C@@H]3[C@H](ON(c4ccccc4)[C@H]3c3cc(OC)c(OC)cc3[N+](=O)[O-])C2=O)cc1. The number of nitro benzene ring substituents is 1. The quantitative estimate of drug-likeness (QED) is 0.223. The van der Waals surface area contributed by atoms with Crippen LogP contribution in [0.1, 0.15) is 24.9 Å². The van der Waals surface area contributed by atoms with Crippen molar-refractivity contribution in [2.24, 2.45) is 5.92 Å². The summed E-state index contributed by atoms with van der Waals surface area (Å²) >= 11 is 0. The van der Waals surface area contributed by atoms with E-state index in [9.17, 15) is 19.7 Å². The number of carbonyl (C=O) groups excluding carboxylic acids is 2. The summed E-state index contributed by atoms with van der Waals surface area (Å²) in [7, 11) is 2.79. The average molecular weight is 534 g/mol. The molecule has 11 nitrogen and oxygen atoms in total. The normalized spacial score (nSPS) is 20.2. The third-order valence-corrected chi connectivity index (χ3v) is 6.74. The minimum Gasteiger partial charge on any atom is -0.494 e. The number of rotatable bonds is 9. The van der Waals surface area contributed by atoms with Gasteiger partial charge in [0.25, 0.3) is 11.6 Å². The monoisotopic (exact) mass is 533 g/mol. The molecule has 0 aromatic heterocycles. The fourth-order valence-electron chi connectivity index (χ4n) is 4.97. The van der Waals surface area contributed by atoms with Crippen LogP contribution < -0.4 is 24.2 Å². The van der Waals surface area contributed by atoms with Gasteiger partial charge < -0.3 is 14.2 Å². The van der Waals surface area contributed by atoms with E-state index in [-0.39, 0.29) is 22.7 Å². The van der Waals surface area contributed by atoms with Gasteiger partial charge in [0.05, 0.1) is 48.8 Å². The lowest BCUT2D eigenvalue weighted by atomic mass is 9.89. The van der Waals surface area contributed by atoms with Gasteiger partial charge in [0.2, 0.25) is 5.91 Å². The van der Waals surface area contributed by atoms with Crippen LogP contribution in [0.2, 0.25) is 0 Å². The smallest absolute Gasteiger partial charge is 0.278 e. The average Bonchev–Trinajstić information content (AvgIpc) is 3.47. The maximum atomic E-state index is 13.9. The minimum atomic E-state index is -1.19. The van der Waals surface area contributed by atoms with Crippen molar-refractivity contribution in [3.05, 3.63) is 82.4 Å². The first-order valence-corrected chi connectivity index (χ1v) is 12.4. The molecule has 3 aromatic rings. The van der Waals surface area contributed by atoms with Crippen molar-refractivity contribution in [1.29, 1.82) is 0 Å². The maximum Gasteiger partial charge on any atom is 0.278 e. The summed E-state index contributed by atoms with van der Waals surface area (Å²) < 4.78 is 16.3. The molecular formula is C28H27N3O8. The van der Waals surface area contributed by atoms with Gasteiger partial charge in [-0.1, -0.05) is 25.1 Å². The predicted octanol–water partition coefficient (Wildman–Crippen LogP) is 4.45. The third kappa shape index (κ3) is 4.50. The number of methoxy groups -OCH3 is 2. The summed E-state index contributed by atoms with van der Waals surface area (Å²) in [5.41, 5.74) is 0.753. The van der Waals surface area contributed by atoms with Crippen molar-refractivity contribution in [1.82, 2.24) is 0 Å². The Bertz CT molecular complexity index is 1400. The van der Waals surface area contributed by atoms with E-state index in [0.717, 1.165) is 11.3 Å². The Hall–Kier alpha value is -4.64. The molecule has 2 aliphatic rings. The van der Waals surface area contributed by atoms with Crippen LogP contribution in [-0.2, 0) is 14.4 Å². The molecule has 0 unspecified atom stereocenters. The van der Waals surface area contributed by atoms with Crippen LogP contribution in [0, 0.1) is 16.0 Å². The van der Waals surface area contributed by atoms with Gasteiger partial charge in [-0.3, -0.25) is 24.5 Å². The van der Waals surface area contributed by atoms with Crippen molar-refractivity contribution in [3.8, 4) is 17.2 Å². The standard InChI is InChI=1S/C28H27N3O8/c1-4-14-38-19-12-10-17(11-13-19)29-27(32)24-25(20-15-22(36-2)23(37-3)16-21(20)31(34)35)30(39-26(24)28(29)33)18-8-6-5-7-9-18/h5-13,15-16,24-26H,4,14H2,1-3H3/t24-,25-,26-/m0/s1. The molecule has 2 heterocycles. The number of para-hydroxylation sites is 1. The molecule has 2 amide bonds. The molecule has 2 saturated heterocycles. The molecule has 0 N–H and O–H groups in total. The lowest BCUT2D eigenvalue weighted by Gasteiger charge is -2.29. The third-order valence-electron chi connectivity index (χ3n) is 6.74. The maximum absolute atomic E-state index is 13.9. The molecule has 0 radical (unpaired) electrons. The number of imide groups is 1. The highest BCUT2D eigenvalue weighted by Crippen LogP contribution is 2.51. The highest BCUT2D eigenvalue weighted by Gasteiger charge is 2.61. The largest absolute Gasteiger partial charge is 0.494 e. The van der Waals surface area contributed by atoms with E-state index in [1.807, 2.05) is 6.92 Å². The van der Waals surface area contributed by atoms with E-state index in [1.54, 1.807) is 54.6 Å². The summed E-state index contributed by atoms with van der Waals surface area (Å²) in [5, 5.41) is 13.6. The molecular weight excluding hydrogens is 506 g/mol. The molecule has 0 saturated carbocycles. The van der Waals surface area contributed by atoms with Crippen LogP contribution in [0.4, 0.5) is 17.1 Å². The van der Waals surface area contributed by atoms with E-state index in [0.29, 0.717) is 23.7 Å². The molecule has 39 heavy (non-hydrogen) atoms. The molecule has 3 aromatic carbocycles. The number of carbonyl (C=O) groups is 2. The number of nitro groups is 1. The number of nitrogens with zero attached hydrogens (tertiary/aromatic N) is 3. The number of hydrogen-bond acceptors (Lipinski definition) is 9. The van der Waals surface area contributed by atoms with E-state index in [1.165, 1.54) is 31.4 Å². The second-order valence-electron chi connectivity index (χ2n) is 9.04. The summed E-state index contributed by atoms with van der Waals surface area (Å²) in [4.78, 5) is 46.3. The Morgan fingerprint density at radius 3 is 2.21 bits per heavy atom. The van der Waals surface area contributed by atoms with E-state index in [2.05, 4.69) is 0 Å². The fourth-order valence-corrected chi connectivity index (χ4v) is 4.97. The second-order valence-corrected chi connectivity index (χ2v) is 9.04. The molecule has 202 valence electrons. The van der Waals surface area contributed by atoms with Crippen molar-refractivity contribution >= 4 is 28.9 Å². The number of benzene rings is 3. The Balaban J connectivity index is 1.60. The van der Waals surface area contributed by atoms with Crippen LogP contribution in [0.25, 0.3) is 0 Å². The van der Waals surface area contributed by atoms with Gasteiger partial charge >= 0.3 is 0 Å². The highest BCUT2D eigenvalue weighted by molar-refractivity contribution is 6.24. The Kier molecular flexibility index (Phi) is 7.07. The Morgan fingerprint density at radius 1 is 0.923 bits per heavy atom. The van der Waals surface area contributed by atoms with Crippen molar-refractivity contribution < 1.29 is 33.6 Å².